The van der Waals surface area contributed by atoms with Gasteiger partial charge in [-0.3, -0.25) is 9.98 Å². The Morgan fingerprint density at radius 2 is 2.06 bits per heavy atom. The molecule has 2 aromatic rings. The highest BCUT2D eigenvalue weighted by atomic mass is 16.3. The lowest BCUT2D eigenvalue weighted by atomic mass is 10.2. The van der Waals surface area contributed by atoms with Gasteiger partial charge in [0.1, 0.15) is 11.5 Å². The van der Waals surface area contributed by atoms with Crippen LogP contribution in [0, 0.1) is 6.92 Å². The fourth-order valence-corrected chi connectivity index (χ4v) is 1.57. The van der Waals surface area contributed by atoms with E-state index in [1.165, 1.54) is 12.1 Å². The molecule has 0 saturated carbocycles. The number of benzene rings is 1. The number of hydrogen-bond donors (Lipinski definition) is 2. The molecule has 0 spiro atoms. The summed E-state index contributed by atoms with van der Waals surface area (Å²) in [5, 5.41) is 18.7. The molecule has 2 N–H and O–H groups in total. The van der Waals surface area contributed by atoms with Crippen LogP contribution in [0.25, 0.3) is 0 Å². The lowest BCUT2D eigenvalue weighted by Gasteiger charge is -2.00. The fraction of sp³-hybridized carbons (Fsp3) is 0.143. The lowest BCUT2D eigenvalue weighted by Crippen LogP contribution is -1.90. The van der Waals surface area contributed by atoms with E-state index in [-0.39, 0.29) is 11.5 Å². The van der Waals surface area contributed by atoms with E-state index in [2.05, 4.69) is 9.98 Å². The summed E-state index contributed by atoms with van der Waals surface area (Å²) in [4.78, 5) is 8.54. The Bertz CT molecular complexity index is 580. The topological polar surface area (TPSA) is 65.7 Å². The molecule has 0 atom stereocenters. The van der Waals surface area contributed by atoms with Crippen LogP contribution in [-0.4, -0.2) is 21.4 Å². The number of pyridine rings is 1. The second-order valence-electron chi connectivity index (χ2n) is 3.98. The smallest absolute Gasteiger partial charge is 0.128 e. The highest BCUT2D eigenvalue weighted by molar-refractivity contribution is 5.83. The van der Waals surface area contributed by atoms with E-state index in [0.29, 0.717) is 12.1 Å². The zero-order valence-corrected chi connectivity index (χ0v) is 10.0. The minimum Gasteiger partial charge on any atom is -0.508 e. The summed E-state index contributed by atoms with van der Waals surface area (Å²) in [5.74, 6) is 0.0425. The number of nitrogens with zero attached hydrogens (tertiary/aromatic N) is 2. The summed E-state index contributed by atoms with van der Waals surface area (Å²) >= 11 is 0. The van der Waals surface area contributed by atoms with Crippen molar-refractivity contribution in [3.8, 4) is 11.5 Å². The van der Waals surface area contributed by atoms with Crippen molar-refractivity contribution < 1.29 is 10.2 Å². The fourth-order valence-electron chi connectivity index (χ4n) is 1.57. The van der Waals surface area contributed by atoms with Crippen LogP contribution in [-0.2, 0) is 6.54 Å². The highest BCUT2D eigenvalue weighted by Crippen LogP contribution is 2.20. The van der Waals surface area contributed by atoms with Crippen LogP contribution < -0.4 is 0 Å². The zero-order valence-electron chi connectivity index (χ0n) is 10.0. The molecule has 0 aliphatic carbocycles. The molecule has 92 valence electrons. The van der Waals surface area contributed by atoms with Crippen LogP contribution in [0.1, 0.15) is 17.0 Å². The van der Waals surface area contributed by atoms with Gasteiger partial charge in [0, 0.05) is 23.5 Å². The van der Waals surface area contributed by atoms with Gasteiger partial charge in [-0.2, -0.15) is 0 Å². The minimum absolute atomic E-state index is 0.0101. The second-order valence-corrected chi connectivity index (χ2v) is 3.98. The molecule has 1 aromatic heterocycles. The molecular formula is C14H14N2O2. The molecule has 0 bridgehead atoms. The number of hydrogen-bond acceptors (Lipinski definition) is 4. The van der Waals surface area contributed by atoms with Crippen LogP contribution in [0.15, 0.2) is 41.4 Å². The van der Waals surface area contributed by atoms with Crippen molar-refractivity contribution in [2.75, 3.05) is 0 Å². The maximum atomic E-state index is 9.57. The average molecular weight is 242 g/mol. The van der Waals surface area contributed by atoms with Crippen molar-refractivity contribution in [3.63, 3.8) is 0 Å². The number of aliphatic imine (C=N–C) groups is 1. The monoisotopic (exact) mass is 242 g/mol. The van der Waals surface area contributed by atoms with E-state index in [1.54, 1.807) is 12.3 Å². The first-order valence-corrected chi connectivity index (χ1v) is 5.59. The summed E-state index contributed by atoms with van der Waals surface area (Å²) in [6.07, 6.45) is 1.57. The number of phenols is 2. The van der Waals surface area contributed by atoms with Crippen molar-refractivity contribution in [2.45, 2.75) is 13.5 Å². The normalized spacial score (nSPS) is 10.9. The third-order valence-corrected chi connectivity index (χ3v) is 2.44. The molecule has 18 heavy (non-hydrogen) atoms. The van der Waals surface area contributed by atoms with Crippen molar-refractivity contribution in [1.82, 2.24) is 4.98 Å². The molecule has 2 rings (SSSR count). The van der Waals surface area contributed by atoms with Gasteiger partial charge in [-0.25, -0.2) is 0 Å². The van der Waals surface area contributed by atoms with Crippen molar-refractivity contribution in [1.29, 1.82) is 0 Å². The van der Waals surface area contributed by atoms with E-state index in [9.17, 15) is 5.11 Å². The molecule has 0 saturated heterocycles. The lowest BCUT2D eigenvalue weighted by molar-refractivity contribution is 0.450. The Labute approximate surface area is 105 Å². The Hall–Kier alpha value is -2.36. The van der Waals surface area contributed by atoms with Gasteiger partial charge in [0.2, 0.25) is 0 Å². The quantitative estimate of drug-likeness (QED) is 0.812. The van der Waals surface area contributed by atoms with E-state index >= 15 is 0 Å². The Morgan fingerprint density at radius 3 is 2.78 bits per heavy atom. The molecule has 4 nitrogen and oxygen atoms in total. The van der Waals surface area contributed by atoms with Gasteiger partial charge in [0.05, 0.1) is 12.2 Å². The third kappa shape index (κ3) is 3.07. The van der Waals surface area contributed by atoms with Crippen LogP contribution in [0.5, 0.6) is 11.5 Å². The van der Waals surface area contributed by atoms with Gasteiger partial charge in [0.25, 0.3) is 0 Å². The highest BCUT2D eigenvalue weighted by Gasteiger charge is 1.99. The Kier molecular flexibility index (Phi) is 3.57. The number of aromatic nitrogens is 1. The molecule has 0 radical (unpaired) electrons. The molecule has 0 aliphatic heterocycles. The first-order chi connectivity index (χ1) is 8.65. The van der Waals surface area contributed by atoms with Crippen molar-refractivity contribution in [3.05, 3.63) is 53.3 Å². The van der Waals surface area contributed by atoms with Gasteiger partial charge >= 0.3 is 0 Å². The molecule has 0 unspecified atom stereocenters. The second kappa shape index (κ2) is 5.31. The first kappa shape index (κ1) is 12.1. The van der Waals surface area contributed by atoms with Crippen molar-refractivity contribution in [2.24, 2.45) is 4.99 Å². The summed E-state index contributed by atoms with van der Waals surface area (Å²) in [5.41, 5.74) is 2.40. The Balaban J connectivity index is 2.07. The van der Waals surface area contributed by atoms with Crippen LogP contribution in [0.3, 0.4) is 0 Å². The van der Waals surface area contributed by atoms with Crippen LogP contribution in [0.4, 0.5) is 0 Å². The molecular weight excluding hydrogens is 228 g/mol. The minimum atomic E-state index is 0.0101. The number of aromatic hydroxyl groups is 2. The summed E-state index contributed by atoms with van der Waals surface area (Å²) in [7, 11) is 0. The molecule has 1 aromatic carbocycles. The van der Waals surface area contributed by atoms with E-state index in [4.69, 9.17) is 5.11 Å². The van der Waals surface area contributed by atoms with E-state index < -0.39 is 0 Å². The van der Waals surface area contributed by atoms with Gasteiger partial charge in [0.15, 0.2) is 0 Å². The zero-order chi connectivity index (χ0) is 13.0. The van der Waals surface area contributed by atoms with E-state index in [1.807, 2.05) is 25.1 Å². The van der Waals surface area contributed by atoms with Gasteiger partial charge in [-0.1, -0.05) is 6.07 Å². The number of rotatable bonds is 3. The Morgan fingerprint density at radius 1 is 1.22 bits per heavy atom. The molecule has 0 fully saturated rings. The average Bonchev–Trinajstić information content (AvgIpc) is 2.32. The maximum Gasteiger partial charge on any atom is 0.128 e. The first-order valence-electron chi connectivity index (χ1n) is 5.59. The molecule has 0 amide bonds. The van der Waals surface area contributed by atoms with Gasteiger partial charge in [-0.15, -0.1) is 0 Å². The maximum absolute atomic E-state index is 9.57. The standard InChI is InChI=1S/C14H14N2O2/c1-10-3-2-4-12(16-10)9-15-8-11-5-6-13(17)7-14(11)18/h2-8,17-18H,9H2,1H3. The van der Waals surface area contributed by atoms with Crippen LogP contribution >= 0.6 is 0 Å². The largest absolute Gasteiger partial charge is 0.508 e. The molecule has 0 aliphatic rings. The summed E-state index contributed by atoms with van der Waals surface area (Å²) in [6.45, 7) is 2.39. The number of phenolic OH excluding ortho intramolecular Hbond substituents is 2. The molecule has 1 heterocycles. The van der Waals surface area contributed by atoms with Gasteiger partial charge < -0.3 is 10.2 Å². The third-order valence-electron chi connectivity index (χ3n) is 2.44. The predicted molar refractivity (Wildman–Crippen MR) is 70.0 cm³/mol. The van der Waals surface area contributed by atoms with Crippen LogP contribution in [0.2, 0.25) is 0 Å². The van der Waals surface area contributed by atoms with E-state index in [0.717, 1.165) is 11.4 Å². The van der Waals surface area contributed by atoms with Gasteiger partial charge in [-0.05, 0) is 31.2 Å². The SMILES string of the molecule is Cc1cccc(CN=Cc2ccc(O)cc2O)n1. The summed E-state index contributed by atoms with van der Waals surface area (Å²) in [6, 6.07) is 10.2. The number of aryl methyl sites for hydroxylation is 1. The predicted octanol–water partition coefficient (Wildman–Crippen LogP) is 2.42. The van der Waals surface area contributed by atoms with Crippen molar-refractivity contribution >= 4 is 6.21 Å². The summed E-state index contributed by atoms with van der Waals surface area (Å²) < 4.78 is 0. The molecule has 4 heteroatoms.